The van der Waals surface area contributed by atoms with E-state index in [4.69, 9.17) is 0 Å². The fraction of sp³-hybridized carbons (Fsp3) is 0.136. The zero-order chi connectivity index (χ0) is 22.0. The normalized spacial score (nSPS) is 11.5. The number of aromatic nitrogens is 3. The van der Waals surface area contributed by atoms with Gasteiger partial charge < -0.3 is 5.32 Å². The summed E-state index contributed by atoms with van der Waals surface area (Å²) in [6.07, 6.45) is -2.61. The third-order valence-electron chi connectivity index (χ3n) is 4.56. The van der Waals surface area contributed by atoms with Gasteiger partial charge in [0.2, 0.25) is 5.91 Å². The van der Waals surface area contributed by atoms with Crippen LogP contribution in [-0.4, -0.2) is 20.7 Å². The molecular weight excluding hydrogens is 425 g/mol. The third kappa shape index (κ3) is 4.83. The Balaban J connectivity index is 1.42. The highest BCUT2D eigenvalue weighted by atomic mass is 32.1. The first-order valence-corrected chi connectivity index (χ1v) is 10.2. The minimum absolute atomic E-state index is 0.0577. The molecule has 1 amide bonds. The zero-order valence-electron chi connectivity index (χ0n) is 16.3. The largest absolute Gasteiger partial charge is 0.416 e. The van der Waals surface area contributed by atoms with Crippen molar-refractivity contribution in [3.8, 4) is 16.3 Å². The van der Waals surface area contributed by atoms with Crippen molar-refractivity contribution >= 4 is 22.9 Å². The quantitative estimate of drug-likeness (QED) is 0.444. The Bertz CT molecular complexity index is 1210. The summed E-state index contributed by atoms with van der Waals surface area (Å²) < 4.78 is 39.9. The Morgan fingerprint density at radius 2 is 1.90 bits per heavy atom. The molecule has 0 bridgehead atoms. The monoisotopic (exact) mass is 442 g/mol. The summed E-state index contributed by atoms with van der Waals surface area (Å²) in [6, 6.07) is 14.0. The smallest absolute Gasteiger partial charge is 0.326 e. The number of amides is 1. The van der Waals surface area contributed by atoms with Crippen molar-refractivity contribution in [2.75, 3.05) is 5.32 Å². The van der Waals surface area contributed by atoms with Gasteiger partial charge in [0.15, 0.2) is 0 Å². The van der Waals surface area contributed by atoms with Crippen LogP contribution < -0.4 is 5.32 Å². The van der Waals surface area contributed by atoms with Crippen molar-refractivity contribution in [2.45, 2.75) is 19.5 Å². The van der Waals surface area contributed by atoms with Crippen LogP contribution in [0.25, 0.3) is 16.3 Å². The fourth-order valence-corrected chi connectivity index (χ4v) is 3.87. The Labute approximate surface area is 180 Å². The molecule has 5 nitrogen and oxygen atoms in total. The lowest BCUT2D eigenvalue weighted by Gasteiger charge is -2.08. The van der Waals surface area contributed by atoms with E-state index in [1.165, 1.54) is 23.5 Å². The van der Waals surface area contributed by atoms with Gasteiger partial charge in [-0.2, -0.15) is 18.3 Å². The molecule has 9 heteroatoms. The van der Waals surface area contributed by atoms with Crippen LogP contribution in [0.5, 0.6) is 0 Å². The Morgan fingerprint density at radius 1 is 1.13 bits per heavy atom. The highest BCUT2D eigenvalue weighted by Gasteiger charge is 2.30. The highest BCUT2D eigenvalue weighted by molar-refractivity contribution is 7.13. The van der Waals surface area contributed by atoms with Gasteiger partial charge >= 0.3 is 6.18 Å². The first-order valence-electron chi connectivity index (χ1n) is 9.32. The van der Waals surface area contributed by atoms with Crippen LogP contribution in [0.1, 0.15) is 17.0 Å². The number of alkyl halides is 3. The van der Waals surface area contributed by atoms with Crippen LogP contribution in [0.2, 0.25) is 0 Å². The third-order valence-corrected chi connectivity index (χ3v) is 5.50. The number of nitrogens with zero attached hydrogens (tertiary/aromatic N) is 3. The number of hydrogen-bond acceptors (Lipinski definition) is 4. The van der Waals surface area contributed by atoms with E-state index in [-0.39, 0.29) is 12.3 Å². The summed E-state index contributed by atoms with van der Waals surface area (Å²) in [6.45, 7) is 1.94. The van der Waals surface area contributed by atoms with E-state index in [0.29, 0.717) is 22.0 Å². The summed E-state index contributed by atoms with van der Waals surface area (Å²) in [5.74, 6) is -0.237. The molecule has 31 heavy (non-hydrogen) atoms. The number of anilines is 1. The molecular formula is C22H17F3N4OS. The predicted octanol–water partition coefficient (Wildman–Crippen LogP) is 5.50. The molecule has 2 heterocycles. The van der Waals surface area contributed by atoms with Gasteiger partial charge in [0.1, 0.15) is 5.01 Å². The van der Waals surface area contributed by atoms with Gasteiger partial charge in [0.25, 0.3) is 0 Å². The lowest BCUT2D eigenvalue weighted by atomic mass is 10.1. The molecule has 0 spiro atoms. The van der Waals surface area contributed by atoms with Gasteiger partial charge in [-0.1, -0.05) is 18.2 Å². The number of aryl methyl sites for hydroxylation is 1. The molecule has 2 aromatic carbocycles. The van der Waals surface area contributed by atoms with Gasteiger partial charge in [-0.25, -0.2) is 9.67 Å². The standard InChI is InChI=1S/C22H17F3N4OS/c1-14-9-10-26-29(14)19-4-2-3-17(11-19)27-20(30)12-18-13-31-21(28-18)15-5-7-16(8-6-15)22(23,24)25/h2-11,13H,12H2,1H3,(H,27,30). The molecule has 4 aromatic rings. The van der Waals surface area contributed by atoms with Crippen molar-refractivity contribution in [3.05, 3.63) is 83.1 Å². The number of halogens is 3. The van der Waals surface area contributed by atoms with Gasteiger partial charge in [0.05, 0.1) is 23.4 Å². The molecule has 0 saturated carbocycles. The highest BCUT2D eigenvalue weighted by Crippen LogP contribution is 2.31. The number of rotatable bonds is 5. The Morgan fingerprint density at radius 3 is 2.58 bits per heavy atom. The molecule has 0 atom stereocenters. The number of thiazole rings is 1. The number of hydrogen-bond donors (Lipinski definition) is 1. The van der Waals surface area contributed by atoms with Crippen LogP contribution in [0, 0.1) is 6.92 Å². The maximum atomic E-state index is 12.7. The van der Waals surface area contributed by atoms with Crippen LogP contribution in [0.3, 0.4) is 0 Å². The number of nitrogens with one attached hydrogen (secondary N) is 1. The molecule has 0 aliphatic carbocycles. The van der Waals surface area contributed by atoms with Crippen molar-refractivity contribution in [3.63, 3.8) is 0 Å². The maximum absolute atomic E-state index is 12.7. The first kappa shape index (κ1) is 20.8. The van der Waals surface area contributed by atoms with E-state index >= 15 is 0 Å². The van der Waals surface area contributed by atoms with Crippen LogP contribution in [0.15, 0.2) is 66.2 Å². The minimum atomic E-state index is -4.38. The van der Waals surface area contributed by atoms with Crippen LogP contribution >= 0.6 is 11.3 Å². The van der Waals surface area contributed by atoms with Crippen LogP contribution in [0.4, 0.5) is 18.9 Å². The SMILES string of the molecule is Cc1ccnn1-c1cccc(NC(=O)Cc2csc(-c3ccc(C(F)(F)F)cc3)n2)c1. The van der Waals surface area contributed by atoms with E-state index in [1.807, 2.05) is 31.2 Å². The number of carbonyl (C=O) groups excluding carboxylic acids is 1. The molecule has 158 valence electrons. The second-order valence-electron chi connectivity index (χ2n) is 6.88. The second kappa shape index (κ2) is 8.35. The van der Waals surface area contributed by atoms with E-state index < -0.39 is 11.7 Å². The van der Waals surface area contributed by atoms with Crippen molar-refractivity contribution in [1.29, 1.82) is 0 Å². The minimum Gasteiger partial charge on any atom is -0.326 e. The van der Waals surface area contributed by atoms with Gasteiger partial charge in [-0.3, -0.25) is 4.79 Å². The van der Waals surface area contributed by atoms with Gasteiger partial charge in [-0.15, -0.1) is 11.3 Å². The van der Waals surface area contributed by atoms with Crippen molar-refractivity contribution in [1.82, 2.24) is 14.8 Å². The molecule has 0 aliphatic rings. The summed E-state index contributed by atoms with van der Waals surface area (Å²) in [4.78, 5) is 16.8. The maximum Gasteiger partial charge on any atom is 0.416 e. The van der Waals surface area contributed by atoms with Gasteiger partial charge in [0, 0.05) is 28.5 Å². The van der Waals surface area contributed by atoms with E-state index in [2.05, 4.69) is 15.4 Å². The molecule has 0 saturated heterocycles. The Kier molecular flexibility index (Phi) is 5.60. The van der Waals surface area contributed by atoms with E-state index in [1.54, 1.807) is 22.3 Å². The molecule has 2 aromatic heterocycles. The fourth-order valence-electron chi connectivity index (χ4n) is 3.05. The average Bonchev–Trinajstić information content (AvgIpc) is 3.36. The lowest BCUT2D eigenvalue weighted by molar-refractivity contribution is -0.137. The second-order valence-corrected chi connectivity index (χ2v) is 7.74. The van der Waals surface area contributed by atoms with E-state index in [9.17, 15) is 18.0 Å². The molecule has 0 fully saturated rings. The molecule has 1 N–H and O–H groups in total. The topological polar surface area (TPSA) is 59.8 Å². The summed E-state index contributed by atoms with van der Waals surface area (Å²) in [5, 5.41) is 9.40. The summed E-state index contributed by atoms with van der Waals surface area (Å²) >= 11 is 1.28. The summed E-state index contributed by atoms with van der Waals surface area (Å²) in [7, 11) is 0. The number of carbonyl (C=O) groups is 1. The Hall–Kier alpha value is -3.46. The van der Waals surface area contributed by atoms with E-state index in [0.717, 1.165) is 23.5 Å². The molecule has 0 radical (unpaired) electrons. The zero-order valence-corrected chi connectivity index (χ0v) is 17.2. The molecule has 0 aliphatic heterocycles. The molecule has 0 unspecified atom stereocenters. The lowest BCUT2D eigenvalue weighted by Crippen LogP contribution is -2.15. The van der Waals surface area contributed by atoms with Crippen molar-refractivity contribution in [2.24, 2.45) is 0 Å². The van der Waals surface area contributed by atoms with Crippen molar-refractivity contribution < 1.29 is 18.0 Å². The molecule has 4 rings (SSSR count). The number of benzene rings is 2. The first-order chi connectivity index (χ1) is 14.8. The average molecular weight is 442 g/mol. The van der Waals surface area contributed by atoms with Crippen LogP contribution in [-0.2, 0) is 17.4 Å². The predicted molar refractivity (Wildman–Crippen MR) is 113 cm³/mol. The van der Waals surface area contributed by atoms with Gasteiger partial charge in [-0.05, 0) is 43.3 Å². The summed E-state index contributed by atoms with van der Waals surface area (Å²) in [5.41, 5.74) is 2.86.